The molecule has 18 heavy (non-hydrogen) atoms. The van der Waals surface area contributed by atoms with Crippen LogP contribution in [-0.4, -0.2) is 48.1 Å². The van der Waals surface area contributed by atoms with E-state index < -0.39 is 11.4 Å². The predicted molar refractivity (Wildman–Crippen MR) is 67.1 cm³/mol. The van der Waals surface area contributed by atoms with E-state index in [1.54, 1.807) is 6.92 Å². The van der Waals surface area contributed by atoms with Gasteiger partial charge in [-0.1, -0.05) is 6.92 Å². The van der Waals surface area contributed by atoms with Crippen molar-refractivity contribution in [3.05, 3.63) is 0 Å². The van der Waals surface area contributed by atoms with Gasteiger partial charge in [0.25, 0.3) is 0 Å². The summed E-state index contributed by atoms with van der Waals surface area (Å²) in [6.45, 7) is 6.67. The first-order chi connectivity index (χ1) is 8.44. The zero-order valence-corrected chi connectivity index (χ0v) is 11.1. The highest BCUT2D eigenvalue weighted by molar-refractivity contribution is 5.80. The lowest BCUT2D eigenvalue weighted by atomic mass is 9.80. The highest BCUT2D eigenvalue weighted by Crippen LogP contribution is 2.32. The first kappa shape index (κ1) is 13.3. The van der Waals surface area contributed by atoms with E-state index in [4.69, 9.17) is 5.11 Å². The molecule has 0 spiro atoms. The molecule has 0 aromatic rings. The molecule has 2 saturated heterocycles. The third-order valence-electron chi connectivity index (χ3n) is 4.53. The summed E-state index contributed by atoms with van der Waals surface area (Å²) >= 11 is 0. The summed E-state index contributed by atoms with van der Waals surface area (Å²) in [7, 11) is 0. The molecule has 2 fully saturated rings. The second kappa shape index (κ2) is 4.88. The first-order valence-corrected chi connectivity index (χ1v) is 6.67. The fraction of sp³-hybridized carbons (Fsp3) is 0.846. The highest BCUT2D eigenvalue weighted by atomic mass is 16.4. The SMILES string of the molecule is C[C@@H]1CNC[C@H]1C(=O)N1CCC(C)(C(=O)O)CC1. The molecule has 0 radical (unpaired) electrons. The Balaban J connectivity index is 1.93. The fourth-order valence-electron chi connectivity index (χ4n) is 2.81. The third-order valence-corrected chi connectivity index (χ3v) is 4.53. The van der Waals surface area contributed by atoms with Gasteiger partial charge in [0.05, 0.1) is 11.3 Å². The Morgan fingerprint density at radius 2 is 1.89 bits per heavy atom. The molecule has 102 valence electrons. The van der Waals surface area contributed by atoms with Gasteiger partial charge in [0.1, 0.15) is 0 Å². The quantitative estimate of drug-likeness (QED) is 0.755. The van der Waals surface area contributed by atoms with E-state index in [0.717, 1.165) is 13.1 Å². The van der Waals surface area contributed by atoms with Gasteiger partial charge in [-0.25, -0.2) is 0 Å². The van der Waals surface area contributed by atoms with Gasteiger partial charge in [-0.2, -0.15) is 0 Å². The van der Waals surface area contributed by atoms with Crippen molar-refractivity contribution in [2.75, 3.05) is 26.2 Å². The van der Waals surface area contributed by atoms with Crippen molar-refractivity contribution in [3.63, 3.8) is 0 Å². The topological polar surface area (TPSA) is 69.6 Å². The largest absolute Gasteiger partial charge is 0.481 e. The standard InChI is InChI=1S/C13H22N2O3/c1-9-7-14-8-10(9)11(16)15-5-3-13(2,4-6-15)12(17)18/h9-10,14H,3-8H2,1-2H3,(H,17,18)/t9-,10-/m1/s1. The van der Waals surface area contributed by atoms with Crippen LogP contribution >= 0.6 is 0 Å². The molecule has 5 nitrogen and oxygen atoms in total. The van der Waals surface area contributed by atoms with Gasteiger partial charge in [0, 0.05) is 19.6 Å². The maximum absolute atomic E-state index is 12.3. The van der Waals surface area contributed by atoms with Crippen molar-refractivity contribution in [2.45, 2.75) is 26.7 Å². The summed E-state index contributed by atoms with van der Waals surface area (Å²) in [5.41, 5.74) is -0.656. The zero-order chi connectivity index (χ0) is 13.3. The number of likely N-dealkylation sites (tertiary alicyclic amines) is 1. The lowest BCUT2D eigenvalue weighted by Gasteiger charge is -2.37. The van der Waals surface area contributed by atoms with Crippen molar-refractivity contribution in [1.82, 2.24) is 10.2 Å². The van der Waals surface area contributed by atoms with Crippen molar-refractivity contribution >= 4 is 11.9 Å². The van der Waals surface area contributed by atoms with E-state index in [0.29, 0.717) is 31.8 Å². The van der Waals surface area contributed by atoms with Crippen LogP contribution in [0, 0.1) is 17.3 Å². The number of nitrogens with zero attached hydrogens (tertiary/aromatic N) is 1. The number of amides is 1. The van der Waals surface area contributed by atoms with E-state index in [9.17, 15) is 9.59 Å². The molecular formula is C13H22N2O3. The summed E-state index contributed by atoms with van der Waals surface area (Å²) in [6, 6.07) is 0. The molecular weight excluding hydrogens is 232 g/mol. The van der Waals surface area contributed by atoms with Crippen LogP contribution in [0.3, 0.4) is 0 Å². The summed E-state index contributed by atoms with van der Waals surface area (Å²) in [6.07, 6.45) is 1.12. The van der Waals surface area contributed by atoms with Crippen LogP contribution in [0.4, 0.5) is 0 Å². The molecule has 5 heteroatoms. The second-order valence-corrected chi connectivity index (χ2v) is 5.93. The third kappa shape index (κ3) is 2.36. The summed E-state index contributed by atoms with van der Waals surface area (Å²) < 4.78 is 0. The molecule has 2 rings (SSSR count). The van der Waals surface area contributed by atoms with Gasteiger partial charge in [-0.15, -0.1) is 0 Å². The van der Waals surface area contributed by atoms with E-state index in [-0.39, 0.29) is 11.8 Å². The van der Waals surface area contributed by atoms with Gasteiger partial charge < -0.3 is 15.3 Å². The van der Waals surface area contributed by atoms with Crippen LogP contribution in [0.5, 0.6) is 0 Å². The van der Waals surface area contributed by atoms with Crippen LogP contribution in [0.2, 0.25) is 0 Å². The van der Waals surface area contributed by atoms with E-state index >= 15 is 0 Å². The Morgan fingerprint density at radius 1 is 1.28 bits per heavy atom. The number of hydrogen-bond donors (Lipinski definition) is 2. The van der Waals surface area contributed by atoms with Crippen LogP contribution < -0.4 is 5.32 Å². The summed E-state index contributed by atoms with van der Waals surface area (Å²) in [5, 5.41) is 12.4. The molecule has 0 unspecified atom stereocenters. The maximum atomic E-state index is 12.3. The Morgan fingerprint density at radius 3 is 2.33 bits per heavy atom. The lowest BCUT2D eigenvalue weighted by Crippen LogP contribution is -2.48. The van der Waals surface area contributed by atoms with Crippen LogP contribution in [0.15, 0.2) is 0 Å². The number of rotatable bonds is 2. The Kier molecular flexibility index (Phi) is 3.61. The second-order valence-electron chi connectivity index (χ2n) is 5.93. The Labute approximate surface area is 108 Å². The number of hydrogen-bond acceptors (Lipinski definition) is 3. The molecule has 0 saturated carbocycles. The van der Waals surface area contributed by atoms with E-state index in [1.165, 1.54) is 0 Å². The highest BCUT2D eigenvalue weighted by Gasteiger charge is 2.40. The average Bonchev–Trinajstić information content (AvgIpc) is 2.75. The van der Waals surface area contributed by atoms with Crippen molar-refractivity contribution < 1.29 is 14.7 Å². The number of nitrogens with one attached hydrogen (secondary N) is 1. The van der Waals surface area contributed by atoms with Gasteiger partial charge >= 0.3 is 5.97 Å². The van der Waals surface area contributed by atoms with Crippen LogP contribution in [0.1, 0.15) is 26.7 Å². The molecule has 2 atom stereocenters. The maximum Gasteiger partial charge on any atom is 0.309 e. The minimum atomic E-state index is -0.745. The number of carboxylic acids is 1. The number of carboxylic acid groups (broad SMARTS) is 1. The average molecular weight is 254 g/mol. The Bertz CT molecular complexity index is 348. The van der Waals surface area contributed by atoms with Crippen molar-refractivity contribution in [2.24, 2.45) is 17.3 Å². The normalized spacial score (nSPS) is 31.3. The molecule has 2 aliphatic heterocycles. The van der Waals surface area contributed by atoms with Crippen molar-refractivity contribution in [1.29, 1.82) is 0 Å². The molecule has 0 aliphatic carbocycles. The fourth-order valence-corrected chi connectivity index (χ4v) is 2.81. The minimum absolute atomic E-state index is 0.0687. The minimum Gasteiger partial charge on any atom is -0.481 e. The number of carbonyl (C=O) groups excluding carboxylic acids is 1. The molecule has 2 N–H and O–H groups in total. The predicted octanol–water partition coefficient (Wildman–Crippen LogP) is 0.555. The van der Waals surface area contributed by atoms with Crippen LogP contribution in [0.25, 0.3) is 0 Å². The van der Waals surface area contributed by atoms with E-state index in [1.807, 2.05) is 4.90 Å². The zero-order valence-electron chi connectivity index (χ0n) is 11.1. The van der Waals surface area contributed by atoms with Crippen LogP contribution in [-0.2, 0) is 9.59 Å². The summed E-state index contributed by atoms with van der Waals surface area (Å²) in [5.74, 6) is -0.102. The molecule has 0 bridgehead atoms. The van der Waals surface area contributed by atoms with Gasteiger partial charge in [0.2, 0.25) is 5.91 Å². The summed E-state index contributed by atoms with van der Waals surface area (Å²) in [4.78, 5) is 25.3. The van der Waals surface area contributed by atoms with Gasteiger partial charge in [-0.3, -0.25) is 9.59 Å². The van der Waals surface area contributed by atoms with Gasteiger partial charge in [0.15, 0.2) is 0 Å². The lowest BCUT2D eigenvalue weighted by molar-refractivity contribution is -0.153. The van der Waals surface area contributed by atoms with Crippen molar-refractivity contribution in [3.8, 4) is 0 Å². The van der Waals surface area contributed by atoms with E-state index in [2.05, 4.69) is 12.2 Å². The molecule has 1 amide bonds. The number of carbonyl (C=O) groups is 2. The first-order valence-electron chi connectivity index (χ1n) is 6.67. The van der Waals surface area contributed by atoms with Gasteiger partial charge in [-0.05, 0) is 32.2 Å². The molecule has 0 aromatic heterocycles. The Hall–Kier alpha value is -1.10. The smallest absolute Gasteiger partial charge is 0.309 e. The monoisotopic (exact) mass is 254 g/mol. The molecule has 2 heterocycles. The molecule has 2 aliphatic rings. The number of piperidine rings is 1. The molecule has 0 aromatic carbocycles. The number of aliphatic carboxylic acids is 1.